The summed E-state index contributed by atoms with van der Waals surface area (Å²) in [5, 5.41) is -0.176. The molecule has 0 aliphatic rings. The standard InChI is InChI=1S/C19H26NO5SSi/c1-5-23-18(4,24-6-2)19(27,25-7-3)20-26(21,22)17-14-10-12-15-11-8-9-13-16(15)17/h8-14,20H,5-7H2,1-4H3. The van der Waals surface area contributed by atoms with E-state index < -0.39 is 21.2 Å². The van der Waals surface area contributed by atoms with Crippen LogP contribution in [0, 0.1) is 0 Å². The van der Waals surface area contributed by atoms with Crippen LogP contribution in [-0.2, 0) is 24.2 Å². The number of benzene rings is 2. The van der Waals surface area contributed by atoms with Crippen LogP contribution >= 0.6 is 0 Å². The van der Waals surface area contributed by atoms with Gasteiger partial charge in [-0.1, -0.05) is 36.4 Å². The van der Waals surface area contributed by atoms with E-state index >= 15 is 0 Å². The molecule has 0 aliphatic carbocycles. The van der Waals surface area contributed by atoms with Crippen molar-refractivity contribution >= 4 is 31.0 Å². The first kappa shape index (κ1) is 22.0. The van der Waals surface area contributed by atoms with Gasteiger partial charge in [-0.2, -0.15) is 4.72 Å². The molecular formula is C19H26NO5SSi. The first-order valence-electron chi connectivity index (χ1n) is 8.91. The summed E-state index contributed by atoms with van der Waals surface area (Å²) in [5.74, 6) is -1.39. The minimum absolute atomic E-state index is 0.151. The van der Waals surface area contributed by atoms with E-state index in [2.05, 4.69) is 15.0 Å². The SMILES string of the molecule is CCOC([Si])(NS(=O)(=O)c1cccc2ccccc12)C(C)(OCC)OCC. The zero-order valence-corrected chi connectivity index (χ0v) is 17.9. The summed E-state index contributed by atoms with van der Waals surface area (Å²) >= 11 is 0. The first-order valence-corrected chi connectivity index (χ1v) is 10.9. The molecule has 0 bridgehead atoms. The molecule has 3 radical (unpaired) electrons. The molecule has 0 saturated carbocycles. The summed E-state index contributed by atoms with van der Waals surface area (Å²) in [6.45, 7) is 7.85. The van der Waals surface area contributed by atoms with Gasteiger partial charge in [-0.3, -0.25) is 0 Å². The van der Waals surface area contributed by atoms with Gasteiger partial charge in [-0.15, -0.1) is 0 Å². The normalized spacial score (nSPS) is 15.0. The largest absolute Gasteiger partial charge is 0.359 e. The molecule has 1 unspecified atom stereocenters. The molecule has 0 heterocycles. The molecule has 0 fully saturated rings. The average Bonchev–Trinajstić information content (AvgIpc) is 2.61. The molecule has 27 heavy (non-hydrogen) atoms. The van der Waals surface area contributed by atoms with Gasteiger partial charge in [-0.05, 0) is 39.1 Å². The van der Waals surface area contributed by atoms with Crippen molar-refractivity contribution in [1.29, 1.82) is 0 Å². The minimum Gasteiger partial charge on any atom is -0.359 e. The molecule has 2 aromatic carbocycles. The number of sulfonamides is 1. The summed E-state index contributed by atoms with van der Waals surface area (Å²) in [5.41, 5.74) is 0. The van der Waals surface area contributed by atoms with E-state index in [9.17, 15) is 8.42 Å². The maximum atomic E-state index is 13.3. The van der Waals surface area contributed by atoms with Crippen molar-refractivity contribution in [3.8, 4) is 0 Å². The maximum Gasteiger partial charge on any atom is 0.243 e. The van der Waals surface area contributed by atoms with Crippen molar-refractivity contribution in [3.63, 3.8) is 0 Å². The lowest BCUT2D eigenvalue weighted by molar-refractivity contribution is -0.296. The van der Waals surface area contributed by atoms with Crippen LogP contribution in [0.4, 0.5) is 0 Å². The zero-order valence-electron chi connectivity index (χ0n) is 16.1. The van der Waals surface area contributed by atoms with Gasteiger partial charge < -0.3 is 14.2 Å². The monoisotopic (exact) mass is 408 g/mol. The van der Waals surface area contributed by atoms with Crippen molar-refractivity contribution < 1.29 is 22.6 Å². The Balaban J connectivity index is 2.53. The first-order chi connectivity index (χ1) is 12.7. The predicted octanol–water partition coefficient (Wildman–Crippen LogP) is 2.77. The van der Waals surface area contributed by atoms with E-state index in [0.29, 0.717) is 18.6 Å². The summed E-state index contributed by atoms with van der Waals surface area (Å²) in [6.07, 6.45) is 0. The van der Waals surface area contributed by atoms with Gasteiger partial charge in [-0.25, -0.2) is 8.42 Å². The van der Waals surface area contributed by atoms with Crippen LogP contribution in [-0.4, -0.2) is 49.6 Å². The second kappa shape index (κ2) is 8.81. The number of hydrogen-bond acceptors (Lipinski definition) is 5. The molecule has 8 heteroatoms. The Labute approximate surface area is 164 Å². The molecule has 2 aromatic rings. The van der Waals surface area contributed by atoms with Crippen molar-refractivity contribution in [1.82, 2.24) is 4.72 Å². The Morgan fingerprint density at radius 2 is 1.48 bits per heavy atom. The molecule has 6 nitrogen and oxygen atoms in total. The molecule has 147 valence electrons. The maximum absolute atomic E-state index is 13.3. The van der Waals surface area contributed by atoms with Crippen molar-refractivity contribution in [3.05, 3.63) is 42.5 Å². The smallest absolute Gasteiger partial charge is 0.243 e. The predicted molar refractivity (Wildman–Crippen MR) is 106 cm³/mol. The van der Waals surface area contributed by atoms with Crippen LogP contribution < -0.4 is 4.72 Å². The molecule has 0 spiro atoms. The van der Waals surface area contributed by atoms with Gasteiger partial charge >= 0.3 is 0 Å². The van der Waals surface area contributed by atoms with Crippen LogP contribution in [0.1, 0.15) is 27.7 Å². The lowest BCUT2D eigenvalue weighted by Crippen LogP contribution is -2.67. The third-order valence-electron chi connectivity index (χ3n) is 4.16. The topological polar surface area (TPSA) is 73.9 Å². The number of ether oxygens (including phenoxy) is 3. The Morgan fingerprint density at radius 3 is 2.07 bits per heavy atom. The van der Waals surface area contributed by atoms with Crippen molar-refractivity contribution in [2.45, 2.75) is 43.7 Å². The fourth-order valence-corrected chi connectivity index (χ4v) is 5.10. The number of hydrogen-bond donors (Lipinski definition) is 1. The molecule has 1 N–H and O–H groups in total. The fraction of sp³-hybridized carbons (Fsp3) is 0.474. The van der Waals surface area contributed by atoms with E-state index in [-0.39, 0.29) is 11.5 Å². The molecule has 0 aromatic heterocycles. The second-order valence-electron chi connectivity index (χ2n) is 6.01. The van der Waals surface area contributed by atoms with Gasteiger partial charge in [0.15, 0.2) is 5.35 Å². The molecule has 0 amide bonds. The molecular weight excluding hydrogens is 382 g/mol. The third-order valence-corrected chi connectivity index (χ3v) is 6.55. The van der Waals surface area contributed by atoms with E-state index in [4.69, 9.17) is 14.2 Å². The summed E-state index contributed by atoms with van der Waals surface area (Å²) in [6, 6.07) is 12.4. The highest BCUT2D eigenvalue weighted by atomic mass is 32.2. The van der Waals surface area contributed by atoms with Gasteiger partial charge in [0.2, 0.25) is 15.8 Å². The Kier molecular flexibility index (Phi) is 7.18. The highest BCUT2D eigenvalue weighted by Crippen LogP contribution is 2.30. The van der Waals surface area contributed by atoms with Gasteiger partial charge in [0, 0.05) is 25.2 Å². The summed E-state index contributed by atoms with van der Waals surface area (Å²) in [7, 11) is -0.499. The van der Waals surface area contributed by atoms with Crippen molar-refractivity contribution in [2.24, 2.45) is 0 Å². The molecule has 0 aliphatic heterocycles. The molecule has 0 saturated heterocycles. The van der Waals surface area contributed by atoms with E-state index in [1.165, 1.54) is 0 Å². The van der Waals surface area contributed by atoms with Crippen LogP contribution in [0.3, 0.4) is 0 Å². The highest BCUT2D eigenvalue weighted by Gasteiger charge is 2.50. The lowest BCUT2D eigenvalue weighted by Gasteiger charge is -2.44. The minimum atomic E-state index is -3.97. The van der Waals surface area contributed by atoms with Gasteiger partial charge in [0.25, 0.3) is 0 Å². The van der Waals surface area contributed by atoms with E-state index in [1.807, 2.05) is 18.2 Å². The van der Waals surface area contributed by atoms with Gasteiger partial charge in [0.1, 0.15) is 10.2 Å². The van der Waals surface area contributed by atoms with Crippen LogP contribution in [0.2, 0.25) is 0 Å². The van der Waals surface area contributed by atoms with E-state index in [0.717, 1.165) is 5.39 Å². The van der Waals surface area contributed by atoms with Crippen molar-refractivity contribution in [2.75, 3.05) is 19.8 Å². The molecule has 1 atom stereocenters. The quantitative estimate of drug-likeness (QED) is 0.483. The lowest BCUT2D eigenvalue weighted by atomic mass is 10.1. The second-order valence-corrected chi connectivity index (χ2v) is 8.36. The Bertz CT molecular complexity index is 862. The van der Waals surface area contributed by atoms with Gasteiger partial charge in [0.05, 0.1) is 4.90 Å². The van der Waals surface area contributed by atoms with Crippen LogP contribution in [0.15, 0.2) is 47.4 Å². The average molecular weight is 409 g/mol. The summed E-state index contributed by atoms with van der Waals surface area (Å²) < 4.78 is 46.3. The number of nitrogens with one attached hydrogen (secondary N) is 1. The molecule has 2 rings (SSSR count). The fourth-order valence-electron chi connectivity index (χ4n) is 2.94. The highest BCUT2D eigenvalue weighted by molar-refractivity contribution is 7.89. The Hall–Kier alpha value is -1.29. The van der Waals surface area contributed by atoms with E-state index in [1.54, 1.807) is 52.0 Å². The Morgan fingerprint density at radius 1 is 0.926 bits per heavy atom. The third kappa shape index (κ3) is 4.59. The van der Waals surface area contributed by atoms with Crippen LogP contribution in [0.25, 0.3) is 10.8 Å². The summed E-state index contributed by atoms with van der Waals surface area (Å²) in [4.78, 5) is 0.151. The van der Waals surface area contributed by atoms with Crippen LogP contribution in [0.5, 0.6) is 0 Å². The zero-order chi connectivity index (χ0) is 20.1. The number of rotatable bonds is 10. The number of fused-ring (bicyclic) bond motifs is 1.